The smallest absolute Gasteiger partial charge is 0.314 e. The van der Waals surface area contributed by atoms with Gasteiger partial charge in [-0.25, -0.2) is 0 Å². The van der Waals surface area contributed by atoms with Crippen LogP contribution in [0.1, 0.15) is 98.8 Å². The predicted molar refractivity (Wildman–Crippen MR) is 165 cm³/mol. The maximum atomic E-state index is 14.4. The van der Waals surface area contributed by atoms with Crippen molar-refractivity contribution >= 4 is 11.8 Å². The number of ether oxygens (including phenoxy) is 2. The molecule has 0 bridgehead atoms. The van der Waals surface area contributed by atoms with Crippen molar-refractivity contribution in [2.75, 3.05) is 13.2 Å². The summed E-state index contributed by atoms with van der Waals surface area (Å²) in [4.78, 5) is 27.5. The third-order valence-corrected chi connectivity index (χ3v) is 15.4. The molecule has 6 rings (SSSR count). The first kappa shape index (κ1) is 33.5. The minimum Gasteiger partial charge on any atom is -0.432 e. The Morgan fingerprint density at radius 1 is 0.889 bits per heavy atom. The van der Waals surface area contributed by atoms with E-state index in [4.69, 9.17) is 9.47 Å². The molecule has 0 radical (unpaired) electrons. The van der Waals surface area contributed by atoms with Crippen molar-refractivity contribution in [2.45, 2.75) is 130 Å². The molecule has 254 valence electrons. The molecule has 1 aliphatic heterocycles. The topological polar surface area (TPSA) is 154 Å². The lowest BCUT2D eigenvalue weighted by Crippen LogP contribution is -2.67. The summed E-state index contributed by atoms with van der Waals surface area (Å²) in [6, 6.07) is 0. The standard InChI is InChI=1S/C36H56O9/c1-19(2)20-9-14-36(31(43)45-30-29(42)28(41)27(40)22(17-37)44-30)16-15-34(5)21(26(20)36)7-8-24-32(3)12-11-25(39)33(4,18-38)23(32)10-13-35(24,34)6/h20-24,26-30,37-38,40-42H,1,7-18H2,2-6H3/t20-,21?,22+,23?,24?,26?,27+,28-,29+,30-,32-,33-,34+,35+,36-/m0/s1. The fourth-order valence-corrected chi connectivity index (χ4v) is 12.7. The van der Waals surface area contributed by atoms with Gasteiger partial charge in [0.25, 0.3) is 0 Å². The molecule has 0 aromatic carbocycles. The first-order chi connectivity index (χ1) is 21.1. The van der Waals surface area contributed by atoms with Crippen LogP contribution < -0.4 is 0 Å². The molecule has 1 heterocycles. The van der Waals surface area contributed by atoms with Gasteiger partial charge in [0.15, 0.2) is 0 Å². The molecule has 5 aliphatic carbocycles. The maximum absolute atomic E-state index is 14.4. The Labute approximate surface area is 267 Å². The SMILES string of the molecule is C=C(C)[C@@H]1CC[C@]2(C(=O)O[C@@H]3O[C@H](CO)[C@@H](O)[C@H](O)[C@H]3O)CC[C@]3(C)C(CCC4[C@@]5(C)CCC(=O)[C@@](C)(CO)C5CC[C@]43C)C12. The Morgan fingerprint density at radius 2 is 1.60 bits per heavy atom. The van der Waals surface area contributed by atoms with Crippen LogP contribution in [0.25, 0.3) is 0 Å². The summed E-state index contributed by atoms with van der Waals surface area (Å²) in [6.07, 6.45) is 0.813. The molecule has 1 saturated heterocycles. The Hall–Kier alpha value is -1.36. The molecule has 45 heavy (non-hydrogen) atoms. The summed E-state index contributed by atoms with van der Waals surface area (Å²) in [5.74, 6) is 0.719. The van der Waals surface area contributed by atoms with Crippen LogP contribution in [0.4, 0.5) is 0 Å². The number of fused-ring (bicyclic) bond motifs is 7. The van der Waals surface area contributed by atoms with Crippen LogP contribution in [0.5, 0.6) is 0 Å². The van der Waals surface area contributed by atoms with Gasteiger partial charge in [-0.3, -0.25) is 9.59 Å². The average Bonchev–Trinajstić information content (AvgIpc) is 3.41. The first-order valence-electron chi connectivity index (χ1n) is 17.4. The predicted octanol–water partition coefficient (Wildman–Crippen LogP) is 3.53. The van der Waals surface area contributed by atoms with Gasteiger partial charge in [-0.05, 0) is 111 Å². The molecule has 6 fully saturated rings. The fraction of sp³-hybridized carbons (Fsp3) is 0.889. The number of hydrogen-bond acceptors (Lipinski definition) is 9. The van der Waals surface area contributed by atoms with Crippen LogP contribution >= 0.6 is 0 Å². The molecule has 0 aromatic rings. The number of hydrogen-bond donors (Lipinski definition) is 5. The minimum absolute atomic E-state index is 0.00471. The lowest BCUT2D eigenvalue weighted by atomic mass is 9.32. The van der Waals surface area contributed by atoms with Crippen LogP contribution in [-0.2, 0) is 19.1 Å². The van der Waals surface area contributed by atoms with Gasteiger partial charge in [0.2, 0.25) is 6.29 Å². The zero-order chi connectivity index (χ0) is 32.9. The quantitative estimate of drug-likeness (QED) is 0.226. The van der Waals surface area contributed by atoms with Gasteiger partial charge in [-0.15, -0.1) is 0 Å². The summed E-state index contributed by atoms with van der Waals surface area (Å²) in [6.45, 7) is 15.1. The number of aliphatic hydroxyl groups excluding tert-OH is 5. The van der Waals surface area contributed by atoms with Gasteiger partial charge in [0.1, 0.15) is 30.2 Å². The van der Waals surface area contributed by atoms with Crippen molar-refractivity contribution in [3.05, 3.63) is 12.2 Å². The normalized spacial score (nSPS) is 54.3. The Morgan fingerprint density at radius 3 is 2.24 bits per heavy atom. The summed E-state index contributed by atoms with van der Waals surface area (Å²) in [7, 11) is 0. The molecule has 6 aliphatic rings. The molecule has 9 heteroatoms. The van der Waals surface area contributed by atoms with E-state index in [1.54, 1.807) is 0 Å². The highest BCUT2D eigenvalue weighted by molar-refractivity contribution is 5.86. The highest BCUT2D eigenvalue weighted by Crippen LogP contribution is 2.77. The van der Waals surface area contributed by atoms with Crippen molar-refractivity contribution in [3.8, 4) is 0 Å². The van der Waals surface area contributed by atoms with Crippen molar-refractivity contribution in [3.63, 3.8) is 0 Å². The summed E-state index contributed by atoms with van der Waals surface area (Å²) in [5.41, 5.74) is -0.530. The highest BCUT2D eigenvalue weighted by Gasteiger charge is 2.72. The Bertz CT molecular complexity index is 1220. The number of Topliss-reactive ketones (excluding diaryl/α,β-unsaturated/α-hetero) is 1. The van der Waals surface area contributed by atoms with E-state index < -0.39 is 54.1 Å². The van der Waals surface area contributed by atoms with Gasteiger partial charge >= 0.3 is 5.97 Å². The zero-order valence-corrected chi connectivity index (χ0v) is 27.8. The second kappa shape index (κ2) is 11.1. The van der Waals surface area contributed by atoms with Crippen LogP contribution in [0, 0.1) is 56.7 Å². The van der Waals surface area contributed by atoms with E-state index in [0.717, 1.165) is 50.5 Å². The molecular formula is C36H56O9. The van der Waals surface area contributed by atoms with Crippen molar-refractivity contribution in [1.29, 1.82) is 0 Å². The van der Waals surface area contributed by atoms with Crippen LogP contribution in [0.15, 0.2) is 12.2 Å². The van der Waals surface area contributed by atoms with Gasteiger partial charge in [0.05, 0.1) is 24.0 Å². The number of allylic oxidation sites excluding steroid dienone is 1. The molecule has 4 unspecified atom stereocenters. The fourth-order valence-electron chi connectivity index (χ4n) is 12.7. The van der Waals surface area contributed by atoms with Crippen LogP contribution in [0.3, 0.4) is 0 Å². The third-order valence-electron chi connectivity index (χ3n) is 15.4. The second-order valence-corrected chi connectivity index (χ2v) is 16.9. The number of esters is 1. The zero-order valence-electron chi connectivity index (χ0n) is 27.8. The van der Waals surface area contributed by atoms with Gasteiger partial charge in [-0.1, -0.05) is 39.8 Å². The number of carbonyl (C=O) groups is 2. The summed E-state index contributed by atoms with van der Waals surface area (Å²) < 4.78 is 11.5. The van der Waals surface area contributed by atoms with Gasteiger partial charge in [0, 0.05) is 6.42 Å². The largest absolute Gasteiger partial charge is 0.432 e. The van der Waals surface area contributed by atoms with Crippen LogP contribution in [-0.4, -0.2) is 81.2 Å². The lowest BCUT2D eigenvalue weighted by Gasteiger charge is -2.72. The van der Waals surface area contributed by atoms with Gasteiger partial charge < -0.3 is 35.0 Å². The van der Waals surface area contributed by atoms with E-state index in [1.807, 2.05) is 6.92 Å². The lowest BCUT2D eigenvalue weighted by molar-refractivity contribution is -0.298. The minimum atomic E-state index is -1.63. The number of carbonyl (C=O) groups excluding carboxylic acids is 2. The molecule has 0 spiro atoms. The number of aliphatic hydroxyl groups is 5. The van der Waals surface area contributed by atoms with Crippen molar-refractivity contribution in [2.24, 2.45) is 56.7 Å². The molecule has 0 amide bonds. The average molecular weight is 633 g/mol. The van der Waals surface area contributed by atoms with Gasteiger partial charge in [-0.2, -0.15) is 0 Å². The number of ketones is 1. The van der Waals surface area contributed by atoms with E-state index >= 15 is 0 Å². The number of rotatable bonds is 5. The van der Waals surface area contributed by atoms with E-state index in [1.165, 1.54) is 0 Å². The van der Waals surface area contributed by atoms with E-state index in [2.05, 4.69) is 34.3 Å². The molecule has 0 aromatic heterocycles. The molecule has 5 saturated carbocycles. The molecule has 15 atom stereocenters. The van der Waals surface area contributed by atoms with Crippen LogP contribution in [0.2, 0.25) is 0 Å². The van der Waals surface area contributed by atoms with E-state index in [9.17, 15) is 35.1 Å². The Balaban J connectivity index is 1.33. The molecule has 5 N–H and O–H groups in total. The second-order valence-electron chi connectivity index (χ2n) is 16.9. The maximum Gasteiger partial charge on any atom is 0.314 e. The highest BCUT2D eigenvalue weighted by atomic mass is 16.7. The summed E-state index contributed by atoms with van der Waals surface area (Å²) in [5, 5.41) is 51.5. The monoisotopic (exact) mass is 632 g/mol. The van der Waals surface area contributed by atoms with Crippen molar-refractivity contribution in [1.82, 2.24) is 0 Å². The van der Waals surface area contributed by atoms with Crippen molar-refractivity contribution < 1.29 is 44.6 Å². The van der Waals surface area contributed by atoms with E-state index in [0.29, 0.717) is 25.2 Å². The first-order valence-corrected chi connectivity index (χ1v) is 17.4. The molecule has 9 nitrogen and oxygen atoms in total. The van der Waals surface area contributed by atoms with E-state index in [-0.39, 0.29) is 52.3 Å². The third kappa shape index (κ3) is 4.39. The molecular weight excluding hydrogens is 576 g/mol. The summed E-state index contributed by atoms with van der Waals surface area (Å²) >= 11 is 0. The Kier molecular flexibility index (Phi) is 8.27.